The minimum Gasteiger partial charge on any atom is -1.00 e. The molecule has 1 atom stereocenters. The lowest BCUT2D eigenvalue weighted by Crippen LogP contribution is -3.00. The van der Waals surface area contributed by atoms with Crippen molar-refractivity contribution in [1.82, 2.24) is 4.90 Å². The van der Waals surface area contributed by atoms with Crippen molar-refractivity contribution in [3.05, 3.63) is 65.7 Å². The number of halogens is 1. The van der Waals surface area contributed by atoms with Crippen LogP contribution >= 0.6 is 0 Å². The Labute approximate surface area is 143 Å². The highest BCUT2D eigenvalue weighted by Crippen LogP contribution is 2.42. The SMILES string of the molecule is [Cl-].c1ccc(C2c3ccccc3N3CC[N+]4=C3N2CCC4)cc1. The molecule has 0 aromatic heterocycles. The van der Waals surface area contributed by atoms with Crippen LogP contribution in [0.1, 0.15) is 23.6 Å². The lowest BCUT2D eigenvalue weighted by atomic mass is 9.93. The molecule has 2 aromatic carbocycles. The van der Waals surface area contributed by atoms with Gasteiger partial charge in [-0.05, 0) is 11.6 Å². The molecule has 0 saturated carbocycles. The van der Waals surface area contributed by atoms with E-state index in [1.807, 2.05) is 0 Å². The molecule has 5 rings (SSSR count). The maximum Gasteiger partial charge on any atom is 0.356 e. The minimum absolute atomic E-state index is 0. The maximum absolute atomic E-state index is 2.62. The quantitative estimate of drug-likeness (QED) is 0.665. The molecule has 0 amide bonds. The van der Waals surface area contributed by atoms with Crippen LogP contribution in [0.5, 0.6) is 0 Å². The molecule has 0 saturated heterocycles. The zero-order valence-corrected chi connectivity index (χ0v) is 13.8. The topological polar surface area (TPSA) is 9.49 Å². The van der Waals surface area contributed by atoms with E-state index in [0.717, 1.165) is 19.6 Å². The first-order valence-corrected chi connectivity index (χ1v) is 8.23. The van der Waals surface area contributed by atoms with Crippen LogP contribution < -0.4 is 17.3 Å². The van der Waals surface area contributed by atoms with Gasteiger partial charge in [0.2, 0.25) is 0 Å². The van der Waals surface area contributed by atoms with Gasteiger partial charge in [0.1, 0.15) is 18.3 Å². The summed E-state index contributed by atoms with van der Waals surface area (Å²) in [7, 11) is 0. The van der Waals surface area contributed by atoms with Gasteiger partial charge in [0.25, 0.3) is 0 Å². The molecule has 4 heteroatoms. The standard InChI is InChI=1S/C19H20N3.ClH/c1-2-7-15(8-3-1)18-16-9-4-5-10-17(16)21-14-13-20-11-6-12-22(18)19(20)21;/h1-5,7-10,18H,6,11-14H2;1H/q+1;/p-1. The summed E-state index contributed by atoms with van der Waals surface area (Å²) in [5.74, 6) is 1.43. The highest BCUT2D eigenvalue weighted by atomic mass is 35.5. The normalized spacial score (nSPS) is 21.7. The number of benzene rings is 2. The Bertz CT molecular complexity index is 756. The molecular weight excluding hydrogens is 306 g/mol. The summed E-state index contributed by atoms with van der Waals surface area (Å²) in [6.45, 7) is 4.62. The van der Waals surface area contributed by atoms with Crippen LogP contribution in [0.2, 0.25) is 0 Å². The van der Waals surface area contributed by atoms with Gasteiger partial charge in [-0.3, -0.25) is 9.48 Å². The van der Waals surface area contributed by atoms with E-state index in [-0.39, 0.29) is 12.4 Å². The summed E-state index contributed by atoms with van der Waals surface area (Å²) in [6.07, 6.45) is 1.25. The minimum atomic E-state index is 0. The predicted octanol–water partition coefficient (Wildman–Crippen LogP) is -0.312. The van der Waals surface area contributed by atoms with Crippen LogP contribution in [-0.2, 0) is 0 Å². The molecule has 23 heavy (non-hydrogen) atoms. The second-order valence-electron chi connectivity index (χ2n) is 6.36. The van der Waals surface area contributed by atoms with Crippen molar-refractivity contribution in [1.29, 1.82) is 0 Å². The lowest BCUT2D eigenvalue weighted by Gasteiger charge is -2.39. The average Bonchev–Trinajstić information content (AvgIpc) is 3.02. The summed E-state index contributed by atoms with van der Waals surface area (Å²) in [4.78, 5) is 5.14. The Morgan fingerprint density at radius 3 is 2.52 bits per heavy atom. The molecule has 3 aliphatic rings. The fraction of sp³-hybridized carbons (Fsp3) is 0.316. The van der Waals surface area contributed by atoms with Crippen molar-refractivity contribution in [3.63, 3.8) is 0 Å². The number of hydrogen-bond acceptors (Lipinski definition) is 2. The van der Waals surface area contributed by atoms with Crippen LogP contribution in [0.4, 0.5) is 5.69 Å². The third-order valence-corrected chi connectivity index (χ3v) is 5.15. The van der Waals surface area contributed by atoms with E-state index in [1.165, 1.54) is 35.7 Å². The predicted molar refractivity (Wildman–Crippen MR) is 88.4 cm³/mol. The maximum atomic E-state index is 2.62. The van der Waals surface area contributed by atoms with Gasteiger partial charge in [0.05, 0.1) is 19.6 Å². The second-order valence-corrected chi connectivity index (χ2v) is 6.36. The molecule has 0 fully saturated rings. The highest BCUT2D eigenvalue weighted by molar-refractivity contribution is 5.97. The molecule has 0 aliphatic carbocycles. The van der Waals surface area contributed by atoms with Gasteiger partial charge < -0.3 is 12.4 Å². The largest absolute Gasteiger partial charge is 1.00 e. The smallest absolute Gasteiger partial charge is 0.356 e. The van der Waals surface area contributed by atoms with Crippen molar-refractivity contribution in [3.8, 4) is 0 Å². The number of nitrogens with zero attached hydrogens (tertiary/aromatic N) is 3. The first-order chi connectivity index (χ1) is 10.9. The molecule has 1 unspecified atom stereocenters. The monoisotopic (exact) mass is 325 g/mol. The van der Waals surface area contributed by atoms with E-state index in [9.17, 15) is 0 Å². The molecule has 0 bridgehead atoms. The summed E-state index contributed by atoms with van der Waals surface area (Å²) in [6, 6.07) is 20.3. The highest BCUT2D eigenvalue weighted by Gasteiger charge is 2.48. The number of fused-ring (bicyclic) bond motifs is 2. The zero-order valence-electron chi connectivity index (χ0n) is 13.0. The summed E-state index contributed by atoms with van der Waals surface area (Å²) in [5.41, 5.74) is 4.24. The molecule has 3 heterocycles. The van der Waals surface area contributed by atoms with Crippen molar-refractivity contribution in [2.24, 2.45) is 0 Å². The van der Waals surface area contributed by atoms with Crippen molar-refractivity contribution < 1.29 is 17.0 Å². The lowest BCUT2D eigenvalue weighted by molar-refractivity contribution is -0.528. The molecule has 3 aliphatic heterocycles. The zero-order chi connectivity index (χ0) is 14.5. The van der Waals surface area contributed by atoms with Gasteiger partial charge >= 0.3 is 5.96 Å². The first kappa shape index (κ1) is 14.6. The van der Waals surface area contributed by atoms with Gasteiger partial charge in [-0.2, -0.15) is 0 Å². The Morgan fingerprint density at radius 2 is 1.65 bits per heavy atom. The van der Waals surface area contributed by atoms with Crippen LogP contribution in [-0.4, -0.2) is 41.6 Å². The Kier molecular flexibility index (Phi) is 3.53. The number of anilines is 1. The molecule has 0 N–H and O–H groups in total. The number of rotatable bonds is 1. The van der Waals surface area contributed by atoms with Crippen LogP contribution in [0.3, 0.4) is 0 Å². The summed E-state index contributed by atoms with van der Waals surface area (Å²) < 4.78 is 2.56. The van der Waals surface area contributed by atoms with Gasteiger partial charge in [-0.25, -0.2) is 4.90 Å². The van der Waals surface area contributed by atoms with Gasteiger partial charge in [-0.15, -0.1) is 0 Å². The van der Waals surface area contributed by atoms with Crippen LogP contribution in [0.15, 0.2) is 54.6 Å². The molecule has 2 aromatic rings. The van der Waals surface area contributed by atoms with Crippen LogP contribution in [0.25, 0.3) is 0 Å². The molecular formula is C19H20ClN3. The summed E-state index contributed by atoms with van der Waals surface area (Å²) in [5, 5.41) is 0. The fourth-order valence-corrected chi connectivity index (χ4v) is 4.27. The summed E-state index contributed by atoms with van der Waals surface area (Å²) >= 11 is 0. The number of hydrogen-bond donors (Lipinski definition) is 0. The Morgan fingerprint density at radius 1 is 0.870 bits per heavy atom. The van der Waals surface area contributed by atoms with Crippen LogP contribution in [0, 0.1) is 0 Å². The first-order valence-electron chi connectivity index (χ1n) is 8.23. The Balaban J connectivity index is 0.00000135. The molecule has 118 valence electrons. The van der Waals surface area contributed by atoms with Crippen molar-refractivity contribution >= 4 is 11.6 Å². The molecule has 0 radical (unpaired) electrons. The van der Waals surface area contributed by atoms with Gasteiger partial charge in [0.15, 0.2) is 0 Å². The number of guanidine groups is 1. The van der Waals surface area contributed by atoms with E-state index in [4.69, 9.17) is 0 Å². The second kappa shape index (κ2) is 5.57. The van der Waals surface area contributed by atoms with E-state index in [1.54, 1.807) is 0 Å². The van der Waals surface area contributed by atoms with Crippen molar-refractivity contribution in [2.75, 3.05) is 31.1 Å². The molecule has 3 nitrogen and oxygen atoms in total. The van der Waals surface area contributed by atoms with E-state index in [2.05, 4.69) is 69.0 Å². The van der Waals surface area contributed by atoms with Gasteiger partial charge in [-0.1, -0.05) is 48.5 Å². The van der Waals surface area contributed by atoms with Crippen molar-refractivity contribution in [2.45, 2.75) is 12.5 Å². The third kappa shape index (κ3) is 2.07. The number of para-hydroxylation sites is 1. The Hall–Kier alpha value is -2.00. The average molecular weight is 326 g/mol. The fourth-order valence-electron chi connectivity index (χ4n) is 4.27. The molecule has 0 spiro atoms. The van der Waals surface area contributed by atoms with Gasteiger partial charge in [0, 0.05) is 12.0 Å². The third-order valence-electron chi connectivity index (χ3n) is 5.15. The van der Waals surface area contributed by atoms with E-state index < -0.39 is 0 Å². The van der Waals surface area contributed by atoms with E-state index >= 15 is 0 Å². The van der Waals surface area contributed by atoms with E-state index in [0.29, 0.717) is 6.04 Å².